The Morgan fingerprint density at radius 1 is 0.441 bits per heavy atom. The number of para-hydroxylation sites is 2. The molecule has 0 spiro atoms. The van der Waals surface area contributed by atoms with E-state index in [0.29, 0.717) is 11.5 Å². The number of hydrogen-bond acceptors (Lipinski definition) is 4. The number of nitrogens with zero attached hydrogens (tertiary/aromatic N) is 1. The van der Waals surface area contributed by atoms with Crippen molar-refractivity contribution >= 4 is 97.5 Å². The highest BCUT2D eigenvalue weighted by Gasteiger charge is 2.18. The standard InChI is InChI=1S/C54H35N3OS/c55-53(42-21-11-24-49-52(42)41-19-4-7-23-48(41)58-49)39-17-1-2-18-40(39)54(56)57-46-22-6-3-15-37(46)44-31-43-35(30-47(44)57)14-10-20-36(43)34-13-9-12-32(28-34)33-26-27-51-45(29-33)38-16-5-8-25-50(38)59-51/h1-31H,55-56H2/b53-39-,54-40+. The minimum absolute atomic E-state index is 0.609. The van der Waals surface area contributed by atoms with E-state index in [9.17, 15) is 0 Å². The van der Waals surface area contributed by atoms with Gasteiger partial charge >= 0.3 is 0 Å². The monoisotopic (exact) mass is 773 g/mol. The molecule has 12 aromatic rings. The fourth-order valence-electron chi connectivity index (χ4n) is 9.23. The van der Waals surface area contributed by atoms with E-state index in [1.807, 2.05) is 53.8 Å². The van der Waals surface area contributed by atoms with E-state index in [-0.39, 0.29) is 0 Å². The summed E-state index contributed by atoms with van der Waals surface area (Å²) in [7, 11) is 0. The highest BCUT2D eigenvalue weighted by atomic mass is 32.1. The van der Waals surface area contributed by atoms with Gasteiger partial charge in [0.2, 0.25) is 0 Å². The molecule has 0 fully saturated rings. The number of nitrogens with two attached hydrogens (primary N) is 2. The first kappa shape index (κ1) is 33.5. The van der Waals surface area contributed by atoms with E-state index in [0.717, 1.165) is 65.1 Å². The van der Waals surface area contributed by atoms with Crippen LogP contribution in [0.5, 0.6) is 0 Å². The lowest BCUT2D eigenvalue weighted by atomic mass is 9.94. The summed E-state index contributed by atoms with van der Waals surface area (Å²) in [5.41, 5.74) is 24.6. The topological polar surface area (TPSA) is 70.1 Å². The van der Waals surface area contributed by atoms with Gasteiger partial charge in [-0.3, -0.25) is 4.57 Å². The van der Waals surface area contributed by atoms with Gasteiger partial charge in [0.15, 0.2) is 0 Å². The van der Waals surface area contributed by atoms with Crippen LogP contribution < -0.4 is 21.9 Å². The third-order valence-corrected chi connectivity index (χ3v) is 13.1. The lowest BCUT2D eigenvalue weighted by Crippen LogP contribution is -2.35. The van der Waals surface area contributed by atoms with Crippen LogP contribution in [0.25, 0.3) is 108 Å². The van der Waals surface area contributed by atoms with Crippen LogP contribution >= 0.6 is 11.3 Å². The van der Waals surface area contributed by atoms with E-state index in [2.05, 4.69) is 150 Å². The van der Waals surface area contributed by atoms with Crippen LogP contribution in [-0.4, -0.2) is 4.57 Å². The predicted molar refractivity (Wildman–Crippen MR) is 250 cm³/mol. The summed E-state index contributed by atoms with van der Waals surface area (Å²) in [6.07, 6.45) is 0. The summed E-state index contributed by atoms with van der Waals surface area (Å²) < 4.78 is 11.1. The number of fused-ring (bicyclic) bond motifs is 10. The molecule has 0 aliphatic heterocycles. The van der Waals surface area contributed by atoms with Gasteiger partial charge in [-0.1, -0.05) is 133 Å². The van der Waals surface area contributed by atoms with Crippen LogP contribution in [0, 0.1) is 0 Å². The largest absolute Gasteiger partial charge is 0.456 e. The summed E-state index contributed by atoms with van der Waals surface area (Å²) in [6, 6.07) is 66.6. The minimum atomic E-state index is 0.609. The van der Waals surface area contributed by atoms with E-state index < -0.39 is 0 Å². The molecule has 0 aliphatic rings. The Morgan fingerprint density at radius 2 is 1.14 bits per heavy atom. The van der Waals surface area contributed by atoms with Crippen LogP contribution in [0.15, 0.2) is 192 Å². The van der Waals surface area contributed by atoms with Crippen molar-refractivity contribution in [3.63, 3.8) is 0 Å². The van der Waals surface area contributed by atoms with Crippen molar-refractivity contribution in [1.82, 2.24) is 4.57 Å². The average Bonchev–Trinajstić information content (AvgIpc) is 3.97. The van der Waals surface area contributed by atoms with Crippen molar-refractivity contribution in [2.45, 2.75) is 0 Å². The van der Waals surface area contributed by atoms with Crippen molar-refractivity contribution < 1.29 is 4.42 Å². The molecule has 9 aromatic carbocycles. The Kier molecular flexibility index (Phi) is 7.37. The third kappa shape index (κ3) is 5.15. The predicted octanol–water partition coefficient (Wildman–Crippen LogP) is 12.2. The first-order valence-electron chi connectivity index (χ1n) is 19.8. The van der Waals surface area contributed by atoms with Crippen molar-refractivity contribution in [2.24, 2.45) is 11.5 Å². The Bertz CT molecular complexity index is 3830. The molecule has 4 N–H and O–H groups in total. The minimum Gasteiger partial charge on any atom is -0.456 e. The van der Waals surface area contributed by atoms with Crippen LogP contribution in [-0.2, 0) is 0 Å². The highest BCUT2D eigenvalue weighted by Crippen LogP contribution is 2.40. The third-order valence-electron chi connectivity index (χ3n) is 12.0. The zero-order valence-corrected chi connectivity index (χ0v) is 32.6. The first-order valence-corrected chi connectivity index (χ1v) is 20.6. The molecule has 4 nitrogen and oxygen atoms in total. The molecule has 0 atom stereocenters. The molecule has 3 aromatic heterocycles. The van der Waals surface area contributed by atoms with Crippen molar-refractivity contribution in [1.29, 1.82) is 0 Å². The normalized spacial score (nSPS) is 13.1. The maximum absolute atomic E-state index is 7.38. The molecule has 0 unspecified atom stereocenters. The van der Waals surface area contributed by atoms with Gasteiger partial charge in [-0.2, -0.15) is 0 Å². The van der Waals surface area contributed by atoms with Crippen molar-refractivity contribution in [2.75, 3.05) is 0 Å². The van der Waals surface area contributed by atoms with Gasteiger partial charge in [0.1, 0.15) is 17.0 Å². The van der Waals surface area contributed by atoms with Crippen LogP contribution in [0.1, 0.15) is 5.56 Å². The van der Waals surface area contributed by atoms with Gasteiger partial charge in [-0.25, -0.2) is 0 Å². The molecular weight excluding hydrogens is 739 g/mol. The molecule has 0 saturated carbocycles. The number of hydrogen-bond donors (Lipinski definition) is 2. The van der Waals surface area contributed by atoms with Crippen LogP contribution in [0.4, 0.5) is 0 Å². The summed E-state index contributed by atoms with van der Waals surface area (Å²) >= 11 is 1.85. The summed E-state index contributed by atoms with van der Waals surface area (Å²) in [5.74, 6) is 0.609. The lowest BCUT2D eigenvalue weighted by molar-refractivity contribution is 0.669. The highest BCUT2D eigenvalue weighted by molar-refractivity contribution is 7.25. The molecule has 0 radical (unpaired) electrons. The number of aromatic nitrogens is 1. The molecule has 5 heteroatoms. The zero-order chi connectivity index (χ0) is 39.2. The molecule has 0 aliphatic carbocycles. The van der Waals surface area contributed by atoms with E-state index in [4.69, 9.17) is 15.9 Å². The van der Waals surface area contributed by atoms with E-state index in [1.165, 1.54) is 47.8 Å². The summed E-state index contributed by atoms with van der Waals surface area (Å²) in [6.45, 7) is 0. The second-order valence-corrected chi connectivity index (χ2v) is 16.3. The second-order valence-electron chi connectivity index (χ2n) is 15.3. The number of furan rings is 1. The molecule has 3 heterocycles. The Balaban J connectivity index is 1.05. The average molecular weight is 774 g/mol. The maximum Gasteiger partial charge on any atom is 0.136 e. The van der Waals surface area contributed by atoms with Gasteiger partial charge in [-0.15, -0.1) is 11.3 Å². The van der Waals surface area contributed by atoms with Gasteiger partial charge in [0.25, 0.3) is 0 Å². The second kappa shape index (κ2) is 13.0. The number of rotatable bonds is 4. The Morgan fingerprint density at radius 3 is 2.05 bits per heavy atom. The Hall–Kier alpha value is -7.60. The van der Waals surface area contributed by atoms with Gasteiger partial charge in [0.05, 0.1) is 11.0 Å². The van der Waals surface area contributed by atoms with E-state index >= 15 is 0 Å². The van der Waals surface area contributed by atoms with Crippen molar-refractivity contribution in [3.05, 3.63) is 204 Å². The van der Waals surface area contributed by atoms with E-state index in [1.54, 1.807) is 0 Å². The SMILES string of the molecule is N/C(c1cccc2oc3ccccc3c12)=c1/cccc/c1=C(/N)n1c2ccccc2c2cc3c(-c4cccc(-c5ccc6sc7ccccc7c6c5)c4)cccc3cc21. The van der Waals surface area contributed by atoms with Crippen LogP contribution in [0.2, 0.25) is 0 Å². The van der Waals surface area contributed by atoms with Crippen LogP contribution in [0.3, 0.4) is 0 Å². The first-order chi connectivity index (χ1) is 29.1. The molecule has 12 rings (SSSR count). The Labute approximate surface area is 342 Å². The van der Waals surface area contributed by atoms with Gasteiger partial charge in [0, 0.05) is 63.4 Å². The fourth-order valence-corrected chi connectivity index (χ4v) is 10.3. The number of thiophene rings is 1. The van der Waals surface area contributed by atoms with Gasteiger partial charge < -0.3 is 15.9 Å². The number of benzene rings is 9. The smallest absolute Gasteiger partial charge is 0.136 e. The summed E-state index contributed by atoms with van der Waals surface area (Å²) in [4.78, 5) is 0. The molecular formula is C54H35N3OS. The fraction of sp³-hybridized carbons (Fsp3) is 0. The lowest BCUT2D eigenvalue weighted by Gasteiger charge is -2.12. The molecule has 0 saturated heterocycles. The van der Waals surface area contributed by atoms with Gasteiger partial charge in [-0.05, 0) is 87.6 Å². The molecule has 59 heavy (non-hydrogen) atoms. The maximum atomic E-state index is 7.38. The molecule has 0 amide bonds. The quantitative estimate of drug-likeness (QED) is 0.187. The molecule has 278 valence electrons. The zero-order valence-electron chi connectivity index (χ0n) is 31.8. The summed E-state index contributed by atoms with van der Waals surface area (Å²) in [5, 5.41) is 11.0. The van der Waals surface area contributed by atoms with Crippen molar-refractivity contribution in [3.8, 4) is 22.3 Å². The molecule has 0 bridgehead atoms.